The number of hydrogen-bond donors (Lipinski definition) is 3. The van der Waals surface area contributed by atoms with Crippen molar-refractivity contribution in [2.45, 2.75) is 75.6 Å². The average Bonchev–Trinajstić information content (AvgIpc) is 2.88. The van der Waals surface area contributed by atoms with Crippen LogP contribution in [0.15, 0.2) is 34.1 Å². The molecule has 0 spiro atoms. The quantitative estimate of drug-likeness (QED) is 0.205. The third-order valence-electron chi connectivity index (χ3n) is 4.48. The fourth-order valence-electron chi connectivity index (χ4n) is 2.85. The topological polar surface area (TPSA) is 166 Å². The van der Waals surface area contributed by atoms with E-state index in [4.69, 9.17) is 19.3 Å². The summed E-state index contributed by atoms with van der Waals surface area (Å²) in [7, 11) is 1.31. The van der Waals surface area contributed by atoms with Crippen LogP contribution < -0.4 is 10.6 Å². The molecule has 0 aliphatic carbocycles. The predicted molar refractivity (Wildman–Crippen MR) is 156 cm³/mol. The van der Waals surface area contributed by atoms with Crippen LogP contribution >= 0.6 is 23.5 Å². The molecule has 0 saturated heterocycles. The molecule has 2 amide bonds. The Hall–Kier alpha value is -3.52. The van der Waals surface area contributed by atoms with Gasteiger partial charge in [-0.1, -0.05) is 0 Å². The number of esters is 1. The van der Waals surface area contributed by atoms with Crippen molar-refractivity contribution < 1.29 is 38.5 Å². The van der Waals surface area contributed by atoms with Gasteiger partial charge >= 0.3 is 24.1 Å². The van der Waals surface area contributed by atoms with Crippen molar-refractivity contribution in [3.8, 4) is 0 Å². The van der Waals surface area contributed by atoms with Gasteiger partial charge in [-0.25, -0.2) is 29.1 Å². The third-order valence-corrected chi connectivity index (χ3v) is 6.02. The highest BCUT2D eigenvalue weighted by Crippen LogP contribution is 2.20. The van der Waals surface area contributed by atoms with Crippen molar-refractivity contribution in [2.75, 3.05) is 19.6 Å². The number of nitrogens with zero attached hydrogens (tertiary/aromatic N) is 2. The molecular formula is C27H38N4O8S2. The Bertz CT molecular complexity index is 1230. The summed E-state index contributed by atoms with van der Waals surface area (Å²) in [5.41, 5.74) is 0.115. The number of nitrogens with one attached hydrogen (secondary N) is 2. The van der Waals surface area contributed by atoms with Crippen LogP contribution in [-0.2, 0) is 27.3 Å². The maximum absolute atomic E-state index is 11.7. The Morgan fingerprint density at radius 2 is 1.15 bits per heavy atom. The zero-order valence-corrected chi connectivity index (χ0v) is 26.4. The number of carboxylic acid groups (broad SMARTS) is 1. The summed E-state index contributed by atoms with van der Waals surface area (Å²) in [6.07, 6.45) is 2.53. The van der Waals surface area contributed by atoms with Crippen LogP contribution in [0.2, 0.25) is 0 Å². The SMILES string of the molecule is COC(=O)c1nc(CNC(=O)OC(C)(C)C)ccc1SC.CSc1ccc(CNC(=O)OC(C)(C)C)nc1C(=O)O. The number of amides is 2. The average molecular weight is 611 g/mol. The fraction of sp³-hybridized carbons (Fsp3) is 0.481. The van der Waals surface area contributed by atoms with Gasteiger partial charge in [-0.3, -0.25) is 0 Å². The van der Waals surface area contributed by atoms with Gasteiger partial charge in [0.25, 0.3) is 0 Å². The molecular weight excluding hydrogens is 572 g/mol. The molecule has 14 heteroatoms. The minimum absolute atomic E-state index is 0.0130. The van der Waals surface area contributed by atoms with Gasteiger partial charge < -0.3 is 30.0 Å². The summed E-state index contributed by atoms with van der Waals surface area (Å²) in [6.45, 7) is 10.9. The second-order valence-electron chi connectivity index (χ2n) is 10.2. The molecule has 0 aliphatic rings. The molecule has 2 aromatic rings. The molecule has 226 valence electrons. The van der Waals surface area contributed by atoms with Gasteiger partial charge in [0.15, 0.2) is 11.4 Å². The van der Waals surface area contributed by atoms with E-state index >= 15 is 0 Å². The molecule has 0 bridgehead atoms. The molecule has 0 unspecified atom stereocenters. The molecule has 0 aliphatic heterocycles. The van der Waals surface area contributed by atoms with E-state index in [2.05, 4.69) is 20.6 Å². The monoisotopic (exact) mass is 610 g/mol. The van der Waals surface area contributed by atoms with Crippen molar-refractivity contribution >= 4 is 47.6 Å². The molecule has 0 aromatic carbocycles. The number of methoxy groups -OCH3 is 1. The van der Waals surface area contributed by atoms with E-state index in [0.717, 1.165) is 4.90 Å². The van der Waals surface area contributed by atoms with E-state index in [9.17, 15) is 19.2 Å². The van der Waals surface area contributed by atoms with Crippen molar-refractivity contribution in [1.82, 2.24) is 20.6 Å². The third kappa shape index (κ3) is 13.6. The number of thioether (sulfide) groups is 2. The van der Waals surface area contributed by atoms with Gasteiger partial charge in [-0.2, -0.15) is 0 Å². The lowest BCUT2D eigenvalue weighted by atomic mass is 10.2. The Morgan fingerprint density at radius 3 is 1.49 bits per heavy atom. The highest BCUT2D eigenvalue weighted by molar-refractivity contribution is 7.98. The predicted octanol–water partition coefficient (Wildman–Crippen LogP) is 5.14. The fourth-order valence-corrected chi connectivity index (χ4v) is 3.91. The molecule has 2 heterocycles. The Labute approximate surface area is 248 Å². The molecule has 12 nitrogen and oxygen atoms in total. The van der Waals surface area contributed by atoms with E-state index in [0.29, 0.717) is 16.3 Å². The number of aromatic nitrogens is 2. The van der Waals surface area contributed by atoms with E-state index in [1.165, 1.54) is 30.6 Å². The molecule has 2 rings (SSSR count). The van der Waals surface area contributed by atoms with Gasteiger partial charge in [0.05, 0.1) is 31.6 Å². The van der Waals surface area contributed by atoms with Crippen LogP contribution in [0.5, 0.6) is 0 Å². The summed E-state index contributed by atoms with van der Waals surface area (Å²) in [5, 5.41) is 14.2. The first-order chi connectivity index (χ1) is 19.0. The minimum Gasteiger partial charge on any atom is -0.476 e. The van der Waals surface area contributed by atoms with Gasteiger partial charge in [-0.15, -0.1) is 23.5 Å². The second-order valence-corrected chi connectivity index (χ2v) is 11.9. The molecule has 2 aromatic heterocycles. The van der Waals surface area contributed by atoms with Crippen LogP contribution in [0.25, 0.3) is 0 Å². The molecule has 41 heavy (non-hydrogen) atoms. The summed E-state index contributed by atoms with van der Waals surface area (Å²) in [5.74, 6) is -1.59. The smallest absolute Gasteiger partial charge is 0.407 e. The summed E-state index contributed by atoms with van der Waals surface area (Å²) >= 11 is 2.71. The number of pyridine rings is 2. The van der Waals surface area contributed by atoms with E-state index < -0.39 is 35.3 Å². The second kappa shape index (κ2) is 16.1. The lowest BCUT2D eigenvalue weighted by molar-refractivity contribution is 0.0511. The normalized spacial score (nSPS) is 11.0. The van der Waals surface area contributed by atoms with Crippen molar-refractivity contribution in [2.24, 2.45) is 0 Å². The Balaban J connectivity index is 0.000000410. The largest absolute Gasteiger partial charge is 0.476 e. The lowest BCUT2D eigenvalue weighted by Gasteiger charge is -2.19. The number of carbonyl (C=O) groups excluding carboxylic acids is 3. The highest BCUT2D eigenvalue weighted by Gasteiger charge is 2.19. The van der Waals surface area contributed by atoms with Crippen LogP contribution in [-0.4, -0.2) is 70.0 Å². The summed E-state index contributed by atoms with van der Waals surface area (Å²) < 4.78 is 14.9. The lowest BCUT2D eigenvalue weighted by Crippen LogP contribution is -2.32. The molecule has 0 saturated carbocycles. The number of hydrogen-bond acceptors (Lipinski definition) is 11. The summed E-state index contributed by atoms with van der Waals surface area (Å²) in [6, 6.07) is 6.87. The first kappa shape index (κ1) is 35.5. The molecule has 3 N–H and O–H groups in total. The standard InChI is InChI=1S/C14H20N2O4S.C13H18N2O4S/c1-14(2,3)20-13(18)15-8-9-6-7-10(21-5)11(16-9)12(17)19-4;1-13(2,3)19-12(18)14-7-8-5-6-9(20-4)10(15-8)11(16)17/h6-7H,8H2,1-5H3,(H,15,18);5-6H,7H2,1-4H3,(H,14,18)(H,16,17). The van der Waals surface area contributed by atoms with Gasteiger partial charge in [0.2, 0.25) is 0 Å². The van der Waals surface area contributed by atoms with Crippen molar-refractivity contribution in [3.05, 3.63) is 47.0 Å². The van der Waals surface area contributed by atoms with Gasteiger partial charge in [0.1, 0.15) is 11.2 Å². The molecule has 0 atom stereocenters. The van der Waals surface area contributed by atoms with Crippen LogP contribution in [0.4, 0.5) is 9.59 Å². The van der Waals surface area contributed by atoms with Crippen LogP contribution in [0, 0.1) is 0 Å². The van der Waals surface area contributed by atoms with Crippen molar-refractivity contribution in [3.63, 3.8) is 0 Å². The van der Waals surface area contributed by atoms with E-state index in [1.54, 1.807) is 72.1 Å². The maximum atomic E-state index is 11.7. The number of aromatic carboxylic acids is 1. The Kier molecular flexibility index (Phi) is 13.9. The number of carboxylic acids is 1. The number of ether oxygens (including phenoxy) is 3. The van der Waals surface area contributed by atoms with Gasteiger partial charge in [0, 0.05) is 9.79 Å². The van der Waals surface area contributed by atoms with Crippen LogP contribution in [0.3, 0.4) is 0 Å². The van der Waals surface area contributed by atoms with Gasteiger partial charge in [-0.05, 0) is 78.3 Å². The zero-order valence-electron chi connectivity index (χ0n) is 24.7. The van der Waals surface area contributed by atoms with E-state index in [-0.39, 0.29) is 24.5 Å². The maximum Gasteiger partial charge on any atom is 0.407 e. The minimum atomic E-state index is -1.09. The first-order valence-corrected chi connectivity index (χ1v) is 14.8. The molecule has 0 fully saturated rings. The number of alkyl carbamates (subject to hydrolysis) is 2. The highest BCUT2D eigenvalue weighted by atomic mass is 32.2. The van der Waals surface area contributed by atoms with Crippen LogP contribution in [0.1, 0.15) is 73.9 Å². The molecule has 0 radical (unpaired) electrons. The number of carbonyl (C=O) groups is 4. The number of rotatable bonds is 8. The Morgan fingerprint density at radius 1 is 0.756 bits per heavy atom. The van der Waals surface area contributed by atoms with Crippen molar-refractivity contribution in [1.29, 1.82) is 0 Å². The first-order valence-electron chi connectivity index (χ1n) is 12.3. The van der Waals surface area contributed by atoms with E-state index in [1.807, 2.05) is 6.26 Å². The zero-order chi connectivity index (χ0) is 31.4. The summed E-state index contributed by atoms with van der Waals surface area (Å²) in [4.78, 5) is 55.3.